The van der Waals surface area contributed by atoms with Gasteiger partial charge in [-0.15, -0.1) is 0 Å². The van der Waals surface area contributed by atoms with E-state index in [-0.39, 0.29) is 0 Å². The zero-order chi connectivity index (χ0) is 14.2. The third kappa shape index (κ3) is 4.20. The summed E-state index contributed by atoms with van der Waals surface area (Å²) in [6, 6.07) is 4.84. The lowest BCUT2D eigenvalue weighted by Crippen LogP contribution is -2.27. The molecule has 1 aromatic rings. The Labute approximate surface area is 123 Å². The summed E-state index contributed by atoms with van der Waals surface area (Å²) < 4.78 is 0. The molecule has 2 rings (SSSR count). The van der Waals surface area contributed by atoms with Gasteiger partial charge in [0, 0.05) is 19.1 Å². The molecular weight excluding hydrogens is 246 g/mol. The maximum absolute atomic E-state index is 4.69. The van der Waals surface area contributed by atoms with E-state index in [9.17, 15) is 0 Å². The highest BCUT2D eigenvalue weighted by molar-refractivity contribution is 5.44. The second-order valence-corrected chi connectivity index (χ2v) is 5.71. The summed E-state index contributed by atoms with van der Waals surface area (Å²) >= 11 is 0. The van der Waals surface area contributed by atoms with E-state index in [2.05, 4.69) is 42.4 Å². The van der Waals surface area contributed by atoms with E-state index in [0.29, 0.717) is 6.04 Å². The number of pyridine rings is 1. The predicted octanol–water partition coefficient (Wildman–Crippen LogP) is 3.91. The van der Waals surface area contributed by atoms with Crippen LogP contribution in [-0.4, -0.2) is 24.6 Å². The van der Waals surface area contributed by atoms with Crippen LogP contribution in [0.3, 0.4) is 0 Å². The van der Waals surface area contributed by atoms with Crippen LogP contribution in [0.2, 0.25) is 0 Å². The molecule has 0 spiro atoms. The molecule has 1 fully saturated rings. The average Bonchev–Trinajstić information content (AvgIpc) is 2.45. The van der Waals surface area contributed by atoms with Crippen molar-refractivity contribution < 1.29 is 0 Å². The lowest BCUT2D eigenvalue weighted by molar-refractivity contribution is 0.524. The first kappa shape index (κ1) is 15.3. The number of aromatic nitrogens is 1. The molecule has 1 saturated heterocycles. The lowest BCUT2D eigenvalue weighted by Gasteiger charge is -2.27. The molecule has 0 radical (unpaired) electrons. The van der Waals surface area contributed by atoms with Gasteiger partial charge in [0.1, 0.15) is 0 Å². The minimum Gasteiger partial charge on any atom is -0.370 e. The first-order chi connectivity index (χ1) is 9.85. The number of hydrogen-bond donors (Lipinski definition) is 1. The number of hydrogen-bond acceptors (Lipinski definition) is 3. The van der Waals surface area contributed by atoms with Crippen LogP contribution in [0.1, 0.15) is 64.1 Å². The van der Waals surface area contributed by atoms with Gasteiger partial charge in [0.25, 0.3) is 0 Å². The SMILES string of the molecule is CCNC(CC)c1ccc(N2CCCCCCC2)cn1. The van der Waals surface area contributed by atoms with Gasteiger partial charge in [0.2, 0.25) is 0 Å². The average molecular weight is 275 g/mol. The van der Waals surface area contributed by atoms with Crippen LogP contribution in [0, 0.1) is 0 Å². The standard InChI is InChI=1S/C17H29N3/c1-3-16(18-4-2)17-11-10-15(14-19-17)20-12-8-6-5-7-9-13-20/h10-11,14,16,18H,3-9,12-13H2,1-2H3. The maximum Gasteiger partial charge on any atom is 0.0574 e. The smallest absolute Gasteiger partial charge is 0.0574 e. The Morgan fingerprint density at radius 2 is 1.80 bits per heavy atom. The molecule has 1 unspecified atom stereocenters. The van der Waals surface area contributed by atoms with Crippen molar-refractivity contribution in [3.8, 4) is 0 Å². The fourth-order valence-corrected chi connectivity index (χ4v) is 3.00. The third-order valence-electron chi connectivity index (χ3n) is 4.21. The number of rotatable bonds is 5. The van der Waals surface area contributed by atoms with Crippen LogP contribution in [0.25, 0.3) is 0 Å². The summed E-state index contributed by atoms with van der Waals surface area (Å²) in [6.45, 7) is 7.73. The van der Waals surface area contributed by atoms with Gasteiger partial charge >= 0.3 is 0 Å². The molecule has 0 bridgehead atoms. The van der Waals surface area contributed by atoms with Crippen molar-refractivity contribution in [2.24, 2.45) is 0 Å². The normalized spacial score (nSPS) is 18.4. The van der Waals surface area contributed by atoms with E-state index in [1.54, 1.807) is 0 Å². The van der Waals surface area contributed by atoms with Gasteiger partial charge in [0.15, 0.2) is 0 Å². The van der Waals surface area contributed by atoms with Crippen molar-refractivity contribution in [2.75, 3.05) is 24.5 Å². The van der Waals surface area contributed by atoms with E-state index in [1.807, 2.05) is 0 Å². The summed E-state index contributed by atoms with van der Waals surface area (Å²) in [6.07, 6.45) is 9.95. The maximum atomic E-state index is 4.69. The van der Waals surface area contributed by atoms with Crippen molar-refractivity contribution in [2.45, 2.75) is 58.4 Å². The van der Waals surface area contributed by atoms with Crippen molar-refractivity contribution in [3.63, 3.8) is 0 Å². The van der Waals surface area contributed by atoms with Gasteiger partial charge in [-0.3, -0.25) is 4.98 Å². The highest BCUT2D eigenvalue weighted by Crippen LogP contribution is 2.21. The highest BCUT2D eigenvalue weighted by Gasteiger charge is 2.12. The van der Waals surface area contributed by atoms with Gasteiger partial charge in [-0.25, -0.2) is 0 Å². The van der Waals surface area contributed by atoms with Crippen LogP contribution in [0.5, 0.6) is 0 Å². The Bertz CT molecular complexity index is 366. The van der Waals surface area contributed by atoms with Crippen LogP contribution >= 0.6 is 0 Å². The zero-order valence-corrected chi connectivity index (χ0v) is 13.1. The van der Waals surface area contributed by atoms with Crippen LogP contribution in [0.15, 0.2) is 18.3 Å². The Morgan fingerprint density at radius 3 is 2.35 bits per heavy atom. The Kier molecular flexibility index (Phi) is 6.31. The fourth-order valence-electron chi connectivity index (χ4n) is 3.00. The van der Waals surface area contributed by atoms with E-state index in [4.69, 9.17) is 4.98 Å². The van der Waals surface area contributed by atoms with Crippen LogP contribution in [-0.2, 0) is 0 Å². The Morgan fingerprint density at radius 1 is 1.10 bits per heavy atom. The van der Waals surface area contributed by atoms with E-state index >= 15 is 0 Å². The summed E-state index contributed by atoms with van der Waals surface area (Å²) in [5.41, 5.74) is 2.46. The molecular formula is C17H29N3. The molecule has 3 heteroatoms. The monoisotopic (exact) mass is 275 g/mol. The molecule has 112 valence electrons. The topological polar surface area (TPSA) is 28.2 Å². The highest BCUT2D eigenvalue weighted by atomic mass is 15.1. The second kappa shape index (κ2) is 8.25. The first-order valence-electron chi connectivity index (χ1n) is 8.29. The number of anilines is 1. The first-order valence-corrected chi connectivity index (χ1v) is 8.29. The predicted molar refractivity (Wildman–Crippen MR) is 86.2 cm³/mol. The zero-order valence-electron chi connectivity index (χ0n) is 13.1. The molecule has 0 saturated carbocycles. The summed E-state index contributed by atoms with van der Waals surface area (Å²) in [7, 11) is 0. The lowest BCUT2D eigenvalue weighted by atomic mass is 10.1. The van der Waals surface area contributed by atoms with Crippen LogP contribution < -0.4 is 10.2 Å². The summed E-state index contributed by atoms with van der Waals surface area (Å²) in [4.78, 5) is 7.20. The molecule has 1 aliphatic heterocycles. The largest absolute Gasteiger partial charge is 0.370 e. The minimum atomic E-state index is 0.390. The quantitative estimate of drug-likeness (QED) is 0.883. The summed E-state index contributed by atoms with van der Waals surface area (Å²) in [5.74, 6) is 0. The van der Waals surface area contributed by atoms with Gasteiger partial charge in [0.05, 0.1) is 17.6 Å². The van der Waals surface area contributed by atoms with Crippen molar-refractivity contribution in [1.82, 2.24) is 10.3 Å². The molecule has 1 aliphatic rings. The number of nitrogens with one attached hydrogen (secondary N) is 1. The molecule has 1 atom stereocenters. The molecule has 3 nitrogen and oxygen atoms in total. The van der Waals surface area contributed by atoms with Crippen molar-refractivity contribution in [3.05, 3.63) is 24.0 Å². The molecule has 0 aliphatic carbocycles. The summed E-state index contributed by atoms with van der Waals surface area (Å²) in [5, 5.41) is 3.49. The van der Waals surface area contributed by atoms with E-state index in [1.165, 1.54) is 56.6 Å². The molecule has 1 aromatic heterocycles. The van der Waals surface area contributed by atoms with Gasteiger partial charge < -0.3 is 10.2 Å². The minimum absolute atomic E-state index is 0.390. The Balaban J connectivity index is 2.02. The molecule has 0 aromatic carbocycles. The van der Waals surface area contributed by atoms with Crippen LogP contribution in [0.4, 0.5) is 5.69 Å². The fraction of sp³-hybridized carbons (Fsp3) is 0.706. The van der Waals surface area contributed by atoms with E-state index in [0.717, 1.165) is 13.0 Å². The van der Waals surface area contributed by atoms with Crippen molar-refractivity contribution >= 4 is 5.69 Å². The number of nitrogens with zero attached hydrogens (tertiary/aromatic N) is 2. The van der Waals surface area contributed by atoms with Gasteiger partial charge in [-0.05, 0) is 37.9 Å². The van der Waals surface area contributed by atoms with Gasteiger partial charge in [-0.2, -0.15) is 0 Å². The molecule has 0 amide bonds. The Hall–Kier alpha value is -1.09. The molecule has 2 heterocycles. The van der Waals surface area contributed by atoms with Crippen molar-refractivity contribution in [1.29, 1.82) is 0 Å². The second-order valence-electron chi connectivity index (χ2n) is 5.71. The van der Waals surface area contributed by atoms with E-state index < -0.39 is 0 Å². The third-order valence-corrected chi connectivity index (χ3v) is 4.21. The van der Waals surface area contributed by atoms with Gasteiger partial charge in [-0.1, -0.05) is 33.1 Å². The molecule has 1 N–H and O–H groups in total. The molecule has 20 heavy (non-hydrogen) atoms.